The van der Waals surface area contributed by atoms with Gasteiger partial charge in [-0.15, -0.1) is 0 Å². The number of nitrogens with zero attached hydrogens (tertiary/aromatic N) is 1. The number of carbonyl (C=O) groups excluding carboxylic acids is 2. The van der Waals surface area contributed by atoms with Crippen molar-refractivity contribution in [2.45, 2.75) is 83.6 Å². The molecular weight excluding hydrogens is 374 g/mol. The zero-order valence-electron chi connectivity index (χ0n) is 17.9. The molecule has 29 heavy (non-hydrogen) atoms. The van der Waals surface area contributed by atoms with Crippen LogP contribution in [0.2, 0.25) is 0 Å². The van der Waals surface area contributed by atoms with E-state index in [9.17, 15) is 9.59 Å². The highest BCUT2D eigenvalue weighted by Gasteiger charge is 2.58. The van der Waals surface area contributed by atoms with Gasteiger partial charge in [0.05, 0.1) is 29.9 Å². The molecule has 8 heteroatoms. The van der Waals surface area contributed by atoms with Gasteiger partial charge in [-0.05, 0) is 53.7 Å². The molecule has 0 unspecified atom stereocenters. The summed E-state index contributed by atoms with van der Waals surface area (Å²) in [5.74, 6) is -1.04. The van der Waals surface area contributed by atoms with E-state index in [0.717, 1.165) is 0 Å². The summed E-state index contributed by atoms with van der Waals surface area (Å²) in [7, 11) is 0. The number of likely N-dealkylation sites (tertiary alicyclic amines) is 1. The number of ether oxygens (including phenoxy) is 3. The summed E-state index contributed by atoms with van der Waals surface area (Å²) in [6, 6.07) is 6.23. The number of nitrogens with one attached hydrogen (secondary N) is 1. The van der Waals surface area contributed by atoms with Gasteiger partial charge in [-0.3, -0.25) is 9.69 Å². The fourth-order valence-electron chi connectivity index (χ4n) is 3.94. The van der Waals surface area contributed by atoms with Crippen molar-refractivity contribution < 1.29 is 23.8 Å². The quantitative estimate of drug-likeness (QED) is 0.749. The molecule has 2 heterocycles. The van der Waals surface area contributed by atoms with Crippen LogP contribution in [0.4, 0.5) is 16.2 Å². The smallest absolute Gasteiger partial charge is 0.410 e. The van der Waals surface area contributed by atoms with Crippen LogP contribution in [-0.4, -0.2) is 52.6 Å². The van der Waals surface area contributed by atoms with E-state index in [1.165, 1.54) is 0 Å². The van der Waals surface area contributed by atoms with Gasteiger partial charge in [-0.25, -0.2) is 4.79 Å². The van der Waals surface area contributed by atoms with Crippen LogP contribution >= 0.6 is 0 Å². The number of benzene rings is 1. The Hall–Kier alpha value is -2.32. The van der Waals surface area contributed by atoms with Gasteiger partial charge in [0.25, 0.3) is 0 Å². The molecule has 3 rings (SSSR count). The van der Waals surface area contributed by atoms with E-state index < -0.39 is 29.6 Å². The van der Waals surface area contributed by atoms with Gasteiger partial charge in [0.2, 0.25) is 5.91 Å². The summed E-state index contributed by atoms with van der Waals surface area (Å²) >= 11 is 0. The Labute approximate surface area is 171 Å². The number of hydrogen-bond acceptors (Lipinski definition) is 6. The molecule has 1 aromatic rings. The van der Waals surface area contributed by atoms with Crippen LogP contribution < -0.4 is 11.1 Å². The molecule has 0 radical (unpaired) electrons. The van der Waals surface area contributed by atoms with Crippen LogP contribution in [0, 0.1) is 0 Å². The Morgan fingerprint density at radius 3 is 2.45 bits per heavy atom. The summed E-state index contributed by atoms with van der Waals surface area (Å²) in [5.41, 5.74) is 6.28. The Bertz CT molecular complexity index is 789. The third-order valence-electron chi connectivity index (χ3n) is 5.05. The second-order valence-electron chi connectivity index (χ2n) is 9.10. The van der Waals surface area contributed by atoms with Gasteiger partial charge < -0.3 is 25.3 Å². The van der Waals surface area contributed by atoms with E-state index in [1.54, 1.807) is 29.2 Å². The van der Waals surface area contributed by atoms with E-state index in [0.29, 0.717) is 11.4 Å². The predicted octanol–water partition coefficient (Wildman–Crippen LogP) is 3.13. The molecule has 4 atom stereocenters. The van der Waals surface area contributed by atoms with E-state index in [4.69, 9.17) is 19.9 Å². The van der Waals surface area contributed by atoms with E-state index in [-0.39, 0.29) is 24.5 Å². The zero-order valence-corrected chi connectivity index (χ0v) is 17.9. The standard InChI is InChI=1S/C21H31N3O5/c1-12-17-18(28-21(5,6)27-17)15(24(12)19(26)29-20(2,3)4)11-16(25)23-14-10-8-7-9-13(14)22/h7-10,12,15,17-18H,11,22H2,1-6H3,(H,23,25)/t12-,15+,17+,18-/m0/s1. The van der Waals surface area contributed by atoms with Crippen molar-refractivity contribution in [3.63, 3.8) is 0 Å². The molecule has 0 bridgehead atoms. The normalized spacial score (nSPS) is 28.1. The van der Waals surface area contributed by atoms with Crippen LogP contribution in [-0.2, 0) is 19.0 Å². The average molecular weight is 405 g/mol. The molecular formula is C21H31N3O5. The number of anilines is 2. The molecule has 2 amide bonds. The fraction of sp³-hybridized carbons (Fsp3) is 0.619. The van der Waals surface area contributed by atoms with Crippen LogP contribution in [0.25, 0.3) is 0 Å². The van der Waals surface area contributed by atoms with Crippen LogP contribution in [0.5, 0.6) is 0 Å². The first-order chi connectivity index (χ1) is 13.4. The summed E-state index contributed by atoms with van der Waals surface area (Å²) in [6.45, 7) is 11.0. The highest BCUT2D eigenvalue weighted by atomic mass is 16.8. The molecule has 0 spiro atoms. The first-order valence-corrected chi connectivity index (χ1v) is 9.89. The molecule has 2 fully saturated rings. The average Bonchev–Trinajstić information content (AvgIpc) is 3.01. The lowest BCUT2D eigenvalue weighted by Gasteiger charge is -2.34. The number of rotatable bonds is 3. The monoisotopic (exact) mass is 405 g/mol. The Kier molecular flexibility index (Phi) is 5.53. The lowest BCUT2D eigenvalue weighted by molar-refractivity contribution is -0.166. The Morgan fingerprint density at radius 2 is 1.83 bits per heavy atom. The van der Waals surface area contributed by atoms with Gasteiger partial charge in [0, 0.05) is 0 Å². The van der Waals surface area contributed by atoms with Gasteiger partial charge in [0.15, 0.2) is 5.79 Å². The second-order valence-corrected chi connectivity index (χ2v) is 9.10. The van der Waals surface area contributed by atoms with E-state index >= 15 is 0 Å². The van der Waals surface area contributed by atoms with Crippen molar-refractivity contribution in [2.24, 2.45) is 0 Å². The Morgan fingerprint density at radius 1 is 1.21 bits per heavy atom. The molecule has 2 aliphatic rings. The third kappa shape index (κ3) is 4.64. The van der Waals surface area contributed by atoms with Crippen molar-refractivity contribution in [1.29, 1.82) is 0 Å². The van der Waals surface area contributed by atoms with Crippen LogP contribution in [0.1, 0.15) is 48.0 Å². The molecule has 2 saturated heterocycles. The first kappa shape index (κ1) is 21.4. The van der Waals surface area contributed by atoms with Gasteiger partial charge >= 0.3 is 6.09 Å². The molecule has 2 aliphatic heterocycles. The minimum Gasteiger partial charge on any atom is -0.444 e. The number of nitrogen functional groups attached to an aromatic ring is 1. The molecule has 160 valence electrons. The number of carbonyl (C=O) groups is 2. The second kappa shape index (κ2) is 7.50. The lowest BCUT2D eigenvalue weighted by atomic mass is 10.1. The minimum atomic E-state index is -0.776. The summed E-state index contributed by atoms with van der Waals surface area (Å²) in [5, 5.41) is 2.82. The molecule has 1 aromatic carbocycles. The van der Waals surface area contributed by atoms with Crippen molar-refractivity contribution in [2.75, 3.05) is 11.1 Å². The van der Waals surface area contributed by atoms with Crippen molar-refractivity contribution in [3.05, 3.63) is 24.3 Å². The van der Waals surface area contributed by atoms with Gasteiger partial charge in [-0.2, -0.15) is 0 Å². The summed E-state index contributed by atoms with van der Waals surface area (Å²) in [4.78, 5) is 27.3. The van der Waals surface area contributed by atoms with Crippen molar-refractivity contribution >= 4 is 23.4 Å². The molecule has 0 saturated carbocycles. The lowest BCUT2D eigenvalue weighted by Crippen LogP contribution is -2.48. The van der Waals surface area contributed by atoms with Crippen LogP contribution in [0.3, 0.4) is 0 Å². The molecule has 0 aliphatic carbocycles. The molecule has 0 aromatic heterocycles. The first-order valence-electron chi connectivity index (χ1n) is 9.89. The number of nitrogens with two attached hydrogens (primary N) is 1. The minimum absolute atomic E-state index is 0.0402. The number of para-hydroxylation sites is 2. The SMILES string of the molecule is C[C@H]1[C@H]2OC(C)(C)O[C@H]2[C@@H](CC(=O)Nc2ccccc2N)N1C(=O)OC(C)(C)C. The number of fused-ring (bicyclic) bond motifs is 1. The maximum Gasteiger partial charge on any atom is 0.410 e. The fourth-order valence-corrected chi connectivity index (χ4v) is 3.94. The molecule has 3 N–H and O–H groups in total. The van der Waals surface area contributed by atoms with Crippen molar-refractivity contribution in [1.82, 2.24) is 4.90 Å². The topological polar surface area (TPSA) is 103 Å². The highest BCUT2D eigenvalue weighted by Crippen LogP contribution is 2.42. The predicted molar refractivity (Wildman–Crippen MR) is 109 cm³/mol. The number of hydrogen-bond donors (Lipinski definition) is 2. The van der Waals surface area contributed by atoms with Crippen LogP contribution in [0.15, 0.2) is 24.3 Å². The summed E-state index contributed by atoms with van der Waals surface area (Å²) < 4.78 is 17.7. The Balaban J connectivity index is 1.81. The van der Waals surface area contributed by atoms with E-state index in [1.807, 2.05) is 41.5 Å². The van der Waals surface area contributed by atoms with Gasteiger partial charge in [-0.1, -0.05) is 12.1 Å². The number of amides is 2. The summed E-state index contributed by atoms with van der Waals surface area (Å²) in [6.07, 6.45) is -1.21. The zero-order chi connectivity index (χ0) is 21.6. The largest absolute Gasteiger partial charge is 0.444 e. The van der Waals surface area contributed by atoms with Crippen molar-refractivity contribution in [3.8, 4) is 0 Å². The van der Waals surface area contributed by atoms with E-state index in [2.05, 4.69) is 5.32 Å². The van der Waals surface area contributed by atoms with Gasteiger partial charge in [0.1, 0.15) is 17.8 Å². The third-order valence-corrected chi connectivity index (χ3v) is 5.05. The maximum atomic E-state index is 12.9. The highest BCUT2D eigenvalue weighted by molar-refractivity contribution is 5.94. The molecule has 8 nitrogen and oxygen atoms in total. The maximum absolute atomic E-state index is 12.9.